The van der Waals surface area contributed by atoms with Crippen LogP contribution in [0.1, 0.15) is 0 Å². The van der Waals surface area contributed by atoms with Crippen molar-refractivity contribution in [3.05, 3.63) is 0 Å². The predicted molar refractivity (Wildman–Crippen MR) is 30.2 cm³/mol. The fraction of sp³-hybridized carbons (Fsp3) is 0.600. The first kappa shape index (κ1) is 5.67. The second-order valence-corrected chi connectivity index (χ2v) is 2.44. The number of amides is 2. The van der Waals surface area contributed by atoms with E-state index in [2.05, 4.69) is 10.6 Å². The van der Waals surface area contributed by atoms with E-state index >= 15 is 0 Å². The average Bonchev–Trinajstić information content (AvgIpc) is 2.04. The van der Waals surface area contributed by atoms with Gasteiger partial charge in [0.2, 0.25) is 5.60 Å². The molecule has 2 fully saturated rings. The highest BCUT2D eigenvalue weighted by Crippen LogP contribution is 2.21. The molecule has 10 heavy (non-hydrogen) atoms. The van der Waals surface area contributed by atoms with Gasteiger partial charge in [0.05, 0.1) is 0 Å². The molecule has 2 heterocycles. The Kier molecular flexibility index (Phi) is 0.843. The first-order chi connectivity index (χ1) is 4.73. The van der Waals surface area contributed by atoms with E-state index in [9.17, 15) is 9.59 Å². The van der Waals surface area contributed by atoms with Crippen molar-refractivity contribution in [1.29, 1.82) is 0 Å². The summed E-state index contributed by atoms with van der Waals surface area (Å²) in [6.45, 7) is 0.870. The van der Waals surface area contributed by atoms with Crippen LogP contribution in [-0.4, -0.2) is 30.7 Å². The molecule has 2 saturated heterocycles. The lowest BCUT2D eigenvalue weighted by atomic mass is 9.97. The van der Waals surface area contributed by atoms with Gasteiger partial charge in [-0.2, -0.15) is 0 Å². The fourth-order valence-corrected chi connectivity index (χ4v) is 1.04. The second-order valence-electron chi connectivity index (χ2n) is 2.44. The Bertz CT molecular complexity index is 209. The zero-order valence-electron chi connectivity index (χ0n) is 5.14. The van der Waals surface area contributed by atoms with Crippen LogP contribution >= 0.6 is 0 Å². The highest BCUT2D eigenvalue weighted by Gasteiger charge is 2.53. The van der Waals surface area contributed by atoms with Crippen molar-refractivity contribution >= 4 is 12.0 Å². The minimum Gasteiger partial charge on any atom is -0.430 e. The number of hydrogen-bond donors (Lipinski definition) is 2. The number of imide groups is 1. The van der Waals surface area contributed by atoms with E-state index in [0.717, 1.165) is 0 Å². The van der Waals surface area contributed by atoms with Crippen LogP contribution in [0.25, 0.3) is 0 Å². The summed E-state index contributed by atoms with van der Waals surface area (Å²) >= 11 is 0. The summed E-state index contributed by atoms with van der Waals surface area (Å²) in [7, 11) is 0. The third-order valence-electron chi connectivity index (χ3n) is 1.74. The molecule has 0 aliphatic carbocycles. The van der Waals surface area contributed by atoms with E-state index < -0.39 is 11.7 Å². The predicted octanol–water partition coefficient (Wildman–Crippen LogP) is -1.41. The Morgan fingerprint density at radius 3 is 2.30 bits per heavy atom. The highest BCUT2D eigenvalue weighted by atomic mass is 16.6. The van der Waals surface area contributed by atoms with E-state index in [-0.39, 0.29) is 5.91 Å². The van der Waals surface area contributed by atoms with Gasteiger partial charge in [0, 0.05) is 13.1 Å². The molecule has 0 aromatic carbocycles. The lowest BCUT2D eigenvalue weighted by Crippen LogP contribution is -2.64. The average molecular weight is 142 g/mol. The van der Waals surface area contributed by atoms with E-state index in [1.54, 1.807) is 0 Å². The van der Waals surface area contributed by atoms with Crippen molar-refractivity contribution in [2.45, 2.75) is 5.60 Å². The molecule has 5 nitrogen and oxygen atoms in total. The SMILES string of the molecule is O=C1NC(=O)C2(CNC2)O1. The quantitative estimate of drug-likeness (QED) is 0.436. The molecular weight excluding hydrogens is 136 g/mol. The molecule has 0 saturated carbocycles. The van der Waals surface area contributed by atoms with E-state index in [1.165, 1.54) is 0 Å². The topological polar surface area (TPSA) is 67.4 Å². The summed E-state index contributed by atoms with van der Waals surface area (Å²) in [4.78, 5) is 21.4. The van der Waals surface area contributed by atoms with Crippen molar-refractivity contribution in [3.8, 4) is 0 Å². The van der Waals surface area contributed by atoms with Crippen LogP contribution in [0.4, 0.5) is 4.79 Å². The van der Waals surface area contributed by atoms with Gasteiger partial charge < -0.3 is 10.1 Å². The van der Waals surface area contributed by atoms with Gasteiger partial charge >= 0.3 is 6.09 Å². The van der Waals surface area contributed by atoms with E-state index in [4.69, 9.17) is 4.74 Å². The first-order valence-electron chi connectivity index (χ1n) is 2.98. The Labute approximate surface area is 56.7 Å². The summed E-state index contributed by atoms with van der Waals surface area (Å²) in [5.74, 6) is -0.323. The molecule has 2 rings (SSSR count). The summed E-state index contributed by atoms with van der Waals surface area (Å²) in [5, 5.41) is 4.93. The molecule has 0 unspecified atom stereocenters. The third kappa shape index (κ3) is 0.501. The number of nitrogens with one attached hydrogen (secondary N) is 2. The largest absolute Gasteiger partial charge is 0.430 e. The Morgan fingerprint density at radius 2 is 2.10 bits per heavy atom. The third-order valence-corrected chi connectivity index (χ3v) is 1.74. The van der Waals surface area contributed by atoms with Gasteiger partial charge in [-0.3, -0.25) is 10.1 Å². The first-order valence-corrected chi connectivity index (χ1v) is 2.98. The molecule has 0 bridgehead atoms. The number of carbonyl (C=O) groups is 2. The lowest BCUT2D eigenvalue weighted by molar-refractivity contribution is -0.135. The molecule has 1 spiro atoms. The number of ether oxygens (including phenoxy) is 1. The van der Waals surface area contributed by atoms with Crippen LogP contribution in [0, 0.1) is 0 Å². The van der Waals surface area contributed by atoms with Crippen LogP contribution in [0.3, 0.4) is 0 Å². The lowest BCUT2D eigenvalue weighted by Gasteiger charge is -2.33. The van der Waals surface area contributed by atoms with Crippen LogP contribution < -0.4 is 10.6 Å². The number of alkyl carbamates (subject to hydrolysis) is 1. The number of rotatable bonds is 0. The minimum absolute atomic E-state index is 0.323. The molecule has 0 atom stereocenters. The molecule has 2 aliphatic heterocycles. The Morgan fingerprint density at radius 1 is 1.40 bits per heavy atom. The molecule has 0 aromatic heterocycles. The Hall–Kier alpha value is -1.10. The van der Waals surface area contributed by atoms with Crippen LogP contribution in [-0.2, 0) is 9.53 Å². The molecule has 2 amide bonds. The summed E-state index contributed by atoms with van der Waals surface area (Å²) < 4.78 is 4.73. The summed E-state index contributed by atoms with van der Waals surface area (Å²) in [6.07, 6.45) is -0.633. The van der Waals surface area contributed by atoms with Crippen LogP contribution in [0.2, 0.25) is 0 Å². The smallest absolute Gasteiger partial charge is 0.415 e. The van der Waals surface area contributed by atoms with E-state index in [0.29, 0.717) is 13.1 Å². The summed E-state index contributed by atoms with van der Waals surface area (Å²) in [5.41, 5.74) is -0.864. The molecule has 2 aliphatic rings. The van der Waals surface area contributed by atoms with Gasteiger partial charge in [0.25, 0.3) is 5.91 Å². The highest BCUT2D eigenvalue weighted by molar-refractivity contribution is 6.03. The van der Waals surface area contributed by atoms with Crippen molar-refractivity contribution in [2.24, 2.45) is 0 Å². The van der Waals surface area contributed by atoms with Gasteiger partial charge in [-0.1, -0.05) is 0 Å². The maximum Gasteiger partial charge on any atom is 0.415 e. The van der Waals surface area contributed by atoms with Gasteiger partial charge in [0.1, 0.15) is 0 Å². The molecule has 5 heteroatoms. The van der Waals surface area contributed by atoms with Crippen LogP contribution in [0.5, 0.6) is 0 Å². The van der Waals surface area contributed by atoms with Crippen LogP contribution in [0.15, 0.2) is 0 Å². The fourth-order valence-electron chi connectivity index (χ4n) is 1.04. The zero-order chi connectivity index (χ0) is 7.19. The van der Waals surface area contributed by atoms with Crippen molar-refractivity contribution in [2.75, 3.05) is 13.1 Å². The standard InChI is InChI=1S/C5H6N2O3/c8-3-5(1-6-2-5)10-4(9)7-3/h6H,1-2H2,(H,7,8,9). The molecular formula is C5H6N2O3. The van der Waals surface area contributed by atoms with Gasteiger partial charge in [-0.25, -0.2) is 4.79 Å². The second kappa shape index (κ2) is 1.49. The van der Waals surface area contributed by atoms with Gasteiger partial charge in [-0.05, 0) is 0 Å². The van der Waals surface area contributed by atoms with Gasteiger partial charge in [0.15, 0.2) is 0 Å². The maximum absolute atomic E-state index is 10.9. The van der Waals surface area contributed by atoms with Gasteiger partial charge in [-0.15, -0.1) is 0 Å². The summed E-state index contributed by atoms with van der Waals surface area (Å²) in [6, 6.07) is 0. The molecule has 0 aromatic rings. The minimum atomic E-state index is -0.864. The maximum atomic E-state index is 10.9. The number of hydrogen-bond acceptors (Lipinski definition) is 4. The van der Waals surface area contributed by atoms with Crippen molar-refractivity contribution in [1.82, 2.24) is 10.6 Å². The monoisotopic (exact) mass is 142 g/mol. The molecule has 0 radical (unpaired) electrons. The normalized spacial score (nSPS) is 27.6. The molecule has 2 N–H and O–H groups in total. The van der Waals surface area contributed by atoms with E-state index in [1.807, 2.05) is 0 Å². The number of carbonyl (C=O) groups excluding carboxylic acids is 2. The van der Waals surface area contributed by atoms with Crippen molar-refractivity contribution in [3.63, 3.8) is 0 Å². The van der Waals surface area contributed by atoms with Crippen molar-refractivity contribution < 1.29 is 14.3 Å². The molecule has 54 valence electrons. The zero-order valence-corrected chi connectivity index (χ0v) is 5.14. The Balaban J connectivity index is 2.23.